The summed E-state index contributed by atoms with van der Waals surface area (Å²) in [7, 11) is 0. The zero-order valence-electron chi connectivity index (χ0n) is 23.5. The minimum Gasteiger partial charge on any atom is -0.382 e. The van der Waals surface area contributed by atoms with Crippen LogP contribution < -0.4 is 10.6 Å². The first-order chi connectivity index (χ1) is 19.3. The predicted octanol–water partition coefficient (Wildman–Crippen LogP) is 6.57. The fourth-order valence-corrected chi connectivity index (χ4v) is 5.86. The van der Waals surface area contributed by atoms with Gasteiger partial charge in [0.05, 0.1) is 17.5 Å². The first-order valence-electron chi connectivity index (χ1n) is 14.2. The molecule has 2 N–H and O–H groups in total. The fourth-order valence-electron chi connectivity index (χ4n) is 5.86. The second-order valence-electron chi connectivity index (χ2n) is 11.1. The van der Waals surface area contributed by atoms with Crippen LogP contribution in [0.5, 0.6) is 0 Å². The minimum atomic E-state index is -0.540. The average molecular weight is 544 g/mol. The molecular formula is C33H38FN3O3. The van der Waals surface area contributed by atoms with Crippen LogP contribution in [0, 0.1) is 32.5 Å². The summed E-state index contributed by atoms with van der Waals surface area (Å²) in [4.78, 5) is 29.4. The van der Waals surface area contributed by atoms with Gasteiger partial charge in [-0.2, -0.15) is 0 Å². The zero-order chi connectivity index (χ0) is 28.2. The lowest BCUT2D eigenvalue weighted by Crippen LogP contribution is -2.46. The van der Waals surface area contributed by atoms with Crippen molar-refractivity contribution in [3.63, 3.8) is 0 Å². The third-order valence-corrected chi connectivity index (χ3v) is 8.28. The molecule has 6 nitrogen and oxygen atoms in total. The van der Waals surface area contributed by atoms with E-state index in [0.29, 0.717) is 31.0 Å². The molecule has 2 aliphatic rings. The Morgan fingerprint density at radius 2 is 1.60 bits per heavy atom. The molecule has 0 aromatic heterocycles. The topological polar surface area (TPSA) is 70.7 Å². The number of halogens is 1. The number of aryl methyl sites for hydroxylation is 3. The molecule has 2 fully saturated rings. The number of anilines is 2. The molecule has 2 saturated heterocycles. The highest BCUT2D eigenvalue weighted by molar-refractivity contribution is 5.98. The maximum absolute atomic E-state index is 14.9. The van der Waals surface area contributed by atoms with Gasteiger partial charge < -0.3 is 20.3 Å². The summed E-state index contributed by atoms with van der Waals surface area (Å²) in [5.41, 5.74) is 5.49. The summed E-state index contributed by atoms with van der Waals surface area (Å²) in [5.74, 6) is -1.55. The Kier molecular flexibility index (Phi) is 8.50. The zero-order valence-corrected chi connectivity index (χ0v) is 23.5. The molecule has 40 heavy (non-hydrogen) atoms. The molecule has 3 aromatic rings. The van der Waals surface area contributed by atoms with Gasteiger partial charge in [-0.1, -0.05) is 30.3 Å². The molecule has 2 amide bonds. The van der Waals surface area contributed by atoms with E-state index >= 15 is 0 Å². The number of ether oxygens (including phenoxy) is 1. The Morgan fingerprint density at radius 3 is 2.30 bits per heavy atom. The average Bonchev–Trinajstić information content (AvgIpc) is 2.95. The SMILES string of the molecule is Cc1ccc(NC(=O)[C@H]2CCCN(C(=O)c3c(C)cccc3F)[C@H]2c2ccc(NC3CCOCC3)cc2)cc1C. The monoisotopic (exact) mass is 543 g/mol. The van der Waals surface area contributed by atoms with Crippen LogP contribution in [0.25, 0.3) is 0 Å². The van der Waals surface area contributed by atoms with Crippen molar-refractivity contribution in [2.24, 2.45) is 5.92 Å². The van der Waals surface area contributed by atoms with Crippen molar-refractivity contribution in [3.8, 4) is 0 Å². The largest absolute Gasteiger partial charge is 0.382 e. The number of hydrogen-bond acceptors (Lipinski definition) is 4. The predicted molar refractivity (Wildman–Crippen MR) is 156 cm³/mol. The van der Waals surface area contributed by atoms with Crippen LogP contribution in [0.2, 0.25) is 0 Å². The minimum absolute atomic E-state index is 0.0699. The standard InChI is InChI=1S/C33H38FN3O3/c1-21-9-12-27(20-23(21)3)36-32(38)28-7-5-17-37(33(39)30-22(2)6-4-8-29(30)34)31(28)24-10-13-25(14-11-24)35-26-15-18-40-19-16-26/h4,6,8-14,20,26,28,31,35H,5,7,15-19H2,1-3H3,(H,36,38)/t28-,31-/m0/s1. The van der Waals surface area contributed by atoms with E-state index in [4.69, 9.17) is 4.74 Å². The normalized spacial score (nSPS) is 19.8. The van der Waals surface area contributed by atoms with Gasteiger partial charge >= 0.3 is 0 Å². The van der Waals surface area contributed by atoms with Crippen molar-refractivity contribution in [1.82, 2.24) is 4.90 Å². The van der Waals surface area contributed by atoms with Crippen LogP contribution in [0.1, 0.15) is 64.3 Å². The van der Waals surface area contributed by atoms with E-state index in [1.54, 1.807) is 24.0 Å². The quantitative estimate of drug-likeness (QED) is 0.369. The van der Waals surface area contributed by atoms with Gasteiger partial charge in [-0.25, -0.2) is 4.39 Å². The third kappa shape index (κ3) is 6.04. The van der Waals surface area contributed by atoms with E-state index in [1.165, 1.54) is 6.07 Å². The number of nitrogens with one attached hydrogen (secondary N) is 2. The van der Waals surface area contributed by atoms with E-state index in [2.05, 4.69) is 10.6 Å². The molecule has 0 bridgehead atoms. The lowest BCUT2D eigenvalue weighted by atomic mass is 9.83. The molecule has 2 heterocycles. The number of carbonyl (C=O) groups is 2. The summed E-state index contributed by atoms with van der Waals surface area (Å²) in [6.07, 6.45) is 3.19. The number of likely N-dealkylation sites (tertiary alicyclic amines) is 1. The smallest absolute Gasteiger partial charge is 0.257 e. The van der Waals surface area contributed by atoms with Crippen LogP contribution >= 0.6 is 0 Å². The molecule has 0 aliphatic carbocycles. The summed E-state index contributed by atoms with van der Waals surface area (Å²) in [6.45, 7) is 7.75. The first-order valence-corrected chi connectivity index (χ1v) is 14.2. The number of amides is 2. The molecular weight excluding hydrogens is 505 g/mol. The van der Waals surface area contributed by atoms with Crippen LogP contribution in [0.3, 0.4) is 0 Å². The van der Waals surface area contributed by atoms with E-state index in [0.717, 1.165) is 54.1 Å². The third-order valence-electron chi connectivity index (χ3n) is 8.28. The fraction of sp³-hybridized carbons (Fsp3) is 0.394. The number of benzene rings is 3. The Balaban J connectivity index is 1.46. The number of nitrogens with zero attached hydrogens (tertiary/aromatic N) is 1. The van der Waals surface area contributed by atoms with Crippen molar-refractivity contribution >= 4 is 23.2 Å². The van der Waals surface area contributed by atoms with Gasteiger partial charge in [0.15, 0.2) is 0 Å². The van der Waals surface area contributed by atoms with E-state index in [-0.39, 0.29) is 17.4 Å². The van der Waals surface area contributed by atoms with Gasteiger partial charge in [-0.15, -0.1) is 0 Å². The Bertz CT molecular complexity index is 1350. The molecule has 5 rings (SSSR count). The maximum atomic E-state index is 14.9. The van der Waals surface area contributed by atoms with E-state index < -0.39 is 17.8 Å². The molecule has 0 unspecified atom stereocenters. The number of carbonyl (C=O) groups excluding carboxylic acids is 2. The lowest BCUT2D eigenvalue weighted by Gasteiger charge is -2.41. The summed E-state index contributed by atoms with van der Waals surface area (Å²) < 4.78 is 20.4. The Morgan fingerprint density at radius 1 is 0.875 bits per heavy atom. The molecule has 3 aromatic carbocycles. The number of hydrogen-bond donors (Lipinski definition) is 2. The maximum Gasteiger partial charge on any atom is 0.257 e. The molecule has 7 heteroatoms. The van der Waals surface area contributed by atoms with Gasteiger partial charge in [-0.3, -0.25) is 9.59 Å². The molecule has 0 radical (unpaired) electrons. The van der Waals surface area contributed by atoms with E-state index in [1.807, 2.05) is 56.3 Å². The number of rotatable bonds is 6. The van der Waals surface area contributed by atoms with Crippen molar-refractivity contribution in [2.45, 2.75) is 58.5 Å². The Labute approximate surface area is 235 Å². The molecule has 2 atom stereocenters. The summed E-state index contributed by atoms with van der Waals surface area (Å²) >= 11 is 0. The summed E-state index contributed by atoms with van der Waals surface area (Å²) in [5, 5.41) is 6.66. The van der Waals surface area contributed by atoms with Gasteiger partial charge in [0, 0.05) is 37.2 Å². The molecule has 0 saturated carbocycles. The second-order valence-corrected chi connectivity index (χ2v) is 11.1. The van der Waals surface area contributed by atoms with Crippen LogP contribution in [-0.4, -0.2) is 42.5 Å². The molecule has 2 aliphatic heterocycles. The first kappa shape index (κ1) is 27.8. The molecule has 0 spiro atoms. The van der Waals surface area contributed by atoms with Gasteiger partial charge in [-0.05, 0) is 99.0 Å². The van der Waals surface area contributed by atoms with Crippen molar-refractivity contribution in [1.29, 1.82) is 0 Å². The van der Waals surface area contributed by atoms with Crippen molar-refractivity contribution in [2.75, 3.05) is 30.4 Å². The van der Waals surface area contributed by atoms with Crippen LogP contribution in [0.15, 0.2) is 60.7 Å². The van der Waals surface area contributed by atoms with E-state index in [9.17, 15) is 14.0 Å². The number of piperidine rings is 1. The van der Waals surface area contributed by atoms with Crippen LogP contribution in [0.4, 0.5) is 15.8 Å². The van der Waals surface area contributed by atoms with Gasteiger partial charge in [0.2, 0.25) is 5.91 Å². The van der Waals surface area contributed by atoms with Gasteiger partial charge in [0.25, 0.3) is 5.91 Å². The summed E-state index contributed by atoms with van der Waals surface area (Å²) in [6, 6.07) is 18.4. The Hall–Kier alpha value is -3.71. The highest BCUT2D eigenvalue weighted by Crippen LogP contribution is 2.39. The van der Waals surface area contributed by atoms with Gasteiger partial charge in [0.1, 0.15) is 5.82 Å². The lowest BCUT2D eigenvalue weighted by molar-refractivity contribution is -0.123. The molecule has 210 valence electrons. The van der Waals surface area contributed by atoms with Crippen molar-refractivity contribution in [3.05, 3.63) is 94.3 Å². The van der Waals surface area contributed by atoms with Crippen molar-refractivity contribution < 1.29 is 18.7 Å². The highest BCUT2D eigenvalue weighted by atomic mass is 19.1. The van der Waals surface area contributed by atoms with Crippen LogP contribution in [-0.2, 0) is 9.53 Å². The highest BCUT2D eigenvalue weighted by Gasteiger charge is 2.40. The second kappa shape index (κ2) is 12.2.